The van der Waals surface area contributed by atoms with Gasteiger partial charge in [0.15, 0.2) is 0 Å². The fourth-order valence-electron chi connectivity index (χ4n) is 2.61. The van der Waals surface area contributed by atoms with Gasteiger partial charge in [0.1, 0.15) is 16.5 Å². The first-order valence-electron chi connectivity index (χ1n) is 7.90. The zero-order chi connectivity index (χ0) is 18.7. The summed E-state index contributed by atoms with van der Waals surface area (Å²) in [6.45, 7) is 2.15. The molecule has 0 atom stereocenters. The number of aryl methyl sites for hydroxylation is 1. The van der Waals surface area contributed by atoms with E-state index in [4.69, 9.17) is 16.3 Å². The van der Waals surface area contributed by atoms with Crippen LogP contribution >= 0.6 is 11.6 Å². The molecule has 0 radical (unpaired) electrons. The first kappa shape index (κ1) is 18.1. The summed E-state index contributed by atoms with van der Waals surface area (Å²) in [6.07, 6.45) is 0. The van der Waals surface area contributed by atoms with Gasteiger partial charge in [-0.2, -0.15) is 5.10 Å². The molecule has 7 heteroatoms. The van der Waals surface area contributed by atoms with Gasteiger partial charge in [0, 0.05) is 12.8 Å². The van der Waals surface area contributed by atoms with Gasteiger partial charge in [0.05, 0.1) is 18.0 Å². The van der Waals surface area contributed by atoms with Crippen LogP contribution < -0.4 is 5.32 Å². The fraction of sp³-hybridized carbons (Fsp3) is 0.158. The maximum absolute atomic E-state index is 13.1. The van der Waals surface area contributed by atoms with Crippen molar-refractivity contribution >= 4 is 23.2 Å². The average molecular weight is 374 g/mol. The van der Waals surface area contributed by atoms with Crippen molar-refractivity contribution in [3.05, 3.63) is 76.3 Å². The minimum Gasteiger partial charge on any atom is -0.380 e. The molecular formula is C19H17ClFN3O2. The van der Waals surface area contributed by atoms with Gasteiger partial charge in [-0.1, -0.05) is 23.7 Å². The maximum Gasteiger partial charge on any atom is 0.260 e. The monoisotopic (exact) mass is 373 g/mol. The second-order valence-electron chi connectivity index (χ2n) is 5.73. The number of halogens is 2. The van der Waals surface area contributed by atoms with Gasteiger partial charge in [-0.3, -0.25) is 4.79 Å². The van der Waals surface area contributed by atoms with Gasteiger partial charge < -0.3 is 10.1 Å². The number of ether oxygens (including phenoxy) is 1. The molecule has 1 N–H and O–H groups in total. The molecule has 26 heavy (non-hydrogen) atoms. The van der Waals surface area contributed by atoms with E-state index in [0.717, 1.165) is 5.56 Å². The predicted molar refractivity (Wildman–Crippen MR) is 98.4 cm³/mol. The van der Waals surface area contributed by atoms with Crippen molar-refractivity contribution in [3.8, 4) is 5.69 Å². The molecule has 0 unspecified atom stereocenters. The molecule has 5 nitrogen and oxygen atoms in total. The highest BCUT2D eigenvalue weighted by Gasteiger charge is 2.21. The number of carbonyl (C=O) groups is 1. The van der Waals surface area contributed by atoms with E-state index in [1.807, 2.05) is 18.2 Å². The number of carbonyl (C=O) groups excluding carboxylic acids is 1. The first-order valence-corrected chi connectivity index (χ1v) is 8.27. The molecule has 3 rings (SSSR count). The number of benzene rings is 2. The molecule has 3 aromatic rings. The Morgan fingerprint density at radius 2 is 2.00 bits per heavy atom. The lowest BCUT2D eigenvalue weighted by atomic mass is 10.2. The highest BCUT2D eigenvalue weighted by Crippen LogP contribution is 2.25. The Morgan fingerprint density at radius 3 is 2.69 bits per heavy atom. The van der Waals surface area contributed by atoms with Crippen molar-refractivity contribution in [1.29, 1.82) is 0 Å². The minimum atomic E-state index is -0.365. The molecule has 2 aromatic carbocycles. The average Bonchev–Trinajstić information content (AvgIpc) is 2.91. The molecule has 0 saturated heterocycles. The van der Waals surface area contributed by atoms with Gasteiger partial charge in [0.25, 0.3) is 5.91 Å². The molecule has 0 aliphatic heterocycles. The van der Waals surface area contributed by atoms with Crippen LogP contribution in [0.5, 0.6) is 0 Å². The molecule has 134 valence electrons. The maximum atomic E-state index is 13.1. The van der Waals surface area contributed by atoms with E-state index in [2.05, 4.69) is 10.4 Å². The Bertz CT molecular complexity index is 938. The molecule has 1 heterocycles. The molecule has 0 saturated carbocycles. The van der Waals surface area contributed by atoms with E-state index in [-0.39, 0.29) is 22.4 Å². The molecule has 0 bridgehead atoms. The Hall–Kier alpha value is -2.70. The number of nitrogens with one attached hydrogen (secondary N) is 1. The van der Waals surface area contributed by atoms with E-state index < -0.39 is 0 Å². The van der Waals surface area contributed by atoms with E-state index in [1.54, 1.807) is 32.2 Å². The third-order valence-corrected chi connectivity index (χ3v) is 4.15. The number of amides is 1. The van der Waals surface area contributed by atoms with Crippen LogP contribution in [0.4, 0.5) is 10.1 Å². The number of hydrogen-bond acceptors (Lipinski definition) is 3. The smallest absolute Gasteiger partial charge is 0.260 e. The SMILES string of the molecule is COCc1cccc(NC(=O)c2c(C)nn(-c3ccc(F)cc3)c2Cl)c1. The summed E-state index contributed by atoms with van der Waals surface area (Å²) in [6, 6.07) is 13.1. The van der Waals surface area contributed by atoms with Crippen molar-refractivity contribution in [2.75, 3.05) is 12.4 Å². The lowest BCUT2D eigenvalue weighted by Gasteiger charge is -2.07. The number of hydrogen-bond donors (Lipinski definition) is 1. The Labute approximate surface area is 155 Å². The second kappa shape index (κ2) is 7.68. The molecular weight excluding hydrogens is 357 g/mol. The van der Waals surface area contributed by atoms with Crippen molar-refractivity contribution < 1.29 is 13.9 Å². The zero-order valence-corrected chi connectivity index (χ0v) is 15.0. The fourth-order valence-corrected chi connectivity index (χ4v) is 2.97. The summed E-state index contributed by atoms with van der Waals surface area (Å²) in [7, 11) is 1.61. The summed E-state index contributed by atoms with van der Waals surface area (Å²) in [5.41, 5.74) is 2.89. The van der Waals surface area contributed by atoms with Crippen LogP contribution in [0, 0.1) is 12.7 Å². The molecule has 1 amide bonds. The van der Waals surface area contributed by atoms with Gasteiger partial charge in [-0.05, 0) is 48.9 Å². The topological polar surface area (TPSA) is 56.1 Å². The molecule has 1 aromatic heterocycles. The highest BCUT2D eigenvalue weighted by atomic mass is 35.5. The second-order valence-corrected chi connectivity index (χ2v) is 6.08. The lowest BCUT2D eigenvalue weighted by molar-refractivity contribution is 0.102. The molecule has 0 fully saturated rings. The van der Waals surface area contributed by atoms with Crippen LogP contribution in [0.3, 0.4) is 0 Å². The minimum absolute atomic E-state index is 0.166. The van der Waals surface area contributed by atoms with Crippen LogP contribution in [0.15, 0.2) is 48.5 Å². The van der Waals surface area contributed by atoms with Crippen molar-refractivity contribution in [3.63, 3.8) is 0 Å². The zero-order valence-electron chi connectivity index (χ0n) is 14.3. The van der Waals surface area contributed by atoms with Crippen LogP contribution in [0.2, 0.25) is 5.15 Å². The van der Waals surface area contributed by atoms with Crippen LogP contribution in [0.25, 0.3) is 5.69 Å². The number of nitrogens with zero attached hydrogens (tertiary/aromatic N) is 2. The first-order chi connectivity index (χ1) is 12.5. The van der Waals surface area contributed by atoms with E-state index in [0.29, 0.717) is 23.7 Å². The summed E-state index contributed by atoms with van der Waals surface area (Å²) in [5.74, 6) is -0.724. The van der Waals surface area contributed by atoms with Gasteiger partial charge in [0.2, 0.25) is 0 Å². The van der Waals surface area contributed by atoms with Gasteiger partial charge in [-0.15, -0.1) is 0 Å². The van der Waals surface area contributed by atoms with Crippen molar-refractivity contribution in [2.45, 2.75) is 13.5 Å². The van der Waals surface area contributed by atoms with E-state index >= 15 is 0 Å². The van der Waals surface area contributed by atoms with E-state index in [1.165, 1.54) is 16.8 Å². The summed E-state index contributed by atoms with van der Waals surface area (Å²) in [5, 5.41) is 7.29. The third-order valence-electron chi connectivity index (χ3n) is 3.80. The predicted octanol–water partition coefficient (Wildman–Crippen LogP) is 4.37. The van der Waals surface area contributed by atoms with Crippen LogP contribution in [-0.2, 0) is 11.3 Å². The normalized spacial score (nSPS) is 10.8. The Kier molecular flexibility index (Phi) is 5.35. The number of rotatable bonds is 5. The number of aromatic nitrogens is 2. The Balaban J connectivity index is 1.88. The third kappa shape index (κ3) is 3.76. The standard InChI is InChI=1S/C19H17ClFN3O2/c1-12-17(18(20)24(23-12)16-8-6-14(21)7-9-16)19(25)22-15-5-3-4-13(10-15)11-26-2/h3-10H,11H2,1-2H3,(H,22,25). The molecule has 0 aliphatic carbocycles. The van der Waals surface area contributed by atoms with E-state index in [9.17, 15) is 9.18 Å². The molecule has 0 aliphatic rings. The largest absolute Gasteiger partial charge is 0.380 e. The van der Waals surface area contributed by atoms with Crippen LogP contribution in [0.1, 0.15) is 21.6 Å². The van der Waals surface area contributed by atoms with Gasteiger partial charge in [-0.25, -0.2) is 9.07 Å². The summed E-state index contributed by atoms with van der Waals surface area (Å²) < 4.78 is 19.6. The summed E-state index contributed by atoms with van der Waals surface area (Å²) in [4.78, 5) is 12.7. The molecule has 0 spiro atoms. The lowest BCUT2D eigenvalue weighted by Crippen LogP contribution is -2.13. The van der Waals surface area contributed by atoms with Crippen molar-refractivity contribution in [1.82, 2.24) is 9.78 Å². The van der Waals surface area contributed by atoms with Crippen molar-refractivity contribution in [2.24, 2.45) is 0 Å². The number of methoxy groups -OCH3 is 1. The summed E-state index contributed by atoms with van der Waals surface area (Å²) >= 11 is 6.37. The van der Waals surface area contributed by atoms with Crippen LogP contribution in [-0.4, -0.2) is 22.8 Å². The number of anilines is 1. The quantitative estimate of drug-likeness (QED) is 0.722. The Morgan fingerprint density at radius 1 is 1.27 bits per heavy atom. The highest BCUT2D eigenvalue weighted by molar-refractivity contribution is 6.34. The van der Waals surface area contributed by atoms with Gasteiger partial charge >= 0.3 is 0 Å².